The predicted octanol–water partition coefficient (Wildman–Crippen LogP) is 1.88. The molecule has 0 aromatic heterocycles. The van der Waals surface area contributed by atoms with Gasteiger partial charge in [-0.25, -0.2) is 0 Å². The van der Waals surface area contributed by atoms with Crippen molar-refractivity contribution in [3.8, 4) is 0 Å². The number of amidine groups is 1. The van der Waals surface area contributed by atoms with Gasteiger partial charge in [-0.1, -0.05) is 32.9 Å². The summed E-state index contributed by atoms with van der Waals surface area (Å²) in [6.07, 6.45) is 2.10. The van der Waals surface area contributed by atoms with Gasteiger partial charge < -0.3 is 10.9 Å². The Morgan fingerprint density at radius 1 is 1.56 bits per heavy atom. The van der Waals surface area contributed by atoms with Crippen LogP contribution in [-0.2, 0) is 0 Å². The maximum atomic E-state index is 8.76. The molecule has 2 unspecified atom stereocenters. The highest BCUT2D eigenvalue weighted by atomic mass is 16.4. The highest BCUT2D eigenvalue weighted by Crippen LogP contribution is 2.34. The first kappa shape index (κ1) is 13.3. The minimum absolute atomic E-state index is 0.0948. The molecule has 0 amide bonds. The van der Waals surface area contributed by atoms with Crippen LogP contribution < -0.4 is 5.73 Å². The Morgan fingerprint density at radius 2 is 2.19 bits per heavy atom. The number of oxime groups is 1. The number of nitrogens with two attached hydrogens (primary N) is 1. The van der Waals surface area contributed by atoms with Crippen LogP contribution in [0.2, 0.25) is 0 Å². The smallest absolute Gasteiger partial charge is 0.156 e. The minimum Gasteiger partial charge on any atom is -0.409 e. The molecule has 0 aliphatic carbocycles. The Morgan fingerprint density at radius 3 is 2.56 bits per heavy atom. The average molecular weight is 227 g/mol. The van der Waals surface area contributed by atoms with E-state index in [9.17, 15) is 0 Å². The first-order valence-electron chi connectivity index (χ1n) is 6.11. The molecule has 3 N–H and O–H groups in total. The SMILES string of the molecule is CCC(C(N)=NO)N1CCC(C(C)(C)C)C1. The predicted molar refractivity (Wildman–Crippen MR) is 66.6 cm³/mol. The van der Waals surface area contributed by atoms with Gasteiger partial charge in [-0.15, -0.1) is 0 Å². The van der Waals surface area contributed by atoms with Gasteiger partial charge in [0.05, 0.1) is 6.04 Å². The second-order valence-corrected chi connectivity index (χ2v) is 5.80. The lowest BCUT2D eigenvalue weighted by molar-refractivity contribution is 0.212. The van der Waals surface area contributed by atoms with Crippen LogP contribution in [0.15, 0.2) is 5.16 Å². The van der Waals surface area contributed by atoms with Crippen molar-refractivity contribution in [1.29, 1.82) is 0 Å². The average Bonchev–Trinajstić information content (AvgIpc) is 2.67. The van der Waals surface area contributed by atoms with E-state index in [1.54, 1.807) is 0 Å². The third-order valence-corrected chi connectivity index (χ3v) is 3.73. The van der Waals surface area contributed by atoms with Gasteiger partial charge in [-0.3, -0.25) is 4.90 Å². The molecule has 1 aliphatic heterocycles. The van der Waals surface area contributed by atoms with Crippen LogP contribution in [0.5, 0.6) is 0 Å². The number of nitrogens with zero attached hydrogens (tertiary/aromatic N) is 2. The summed E-state index contributed by atoms with van der Waals surface area (Å²) in [4.78, 5) is 2.34. The van der Waals surface area contributed by atoms with Crippen LogP contribution in [0.25, 0.3) is 0 Å². The van der Waals surface area contributed by atoms with E-state index in [-0.39, 0.29) is 6.04 Å². The van der Waals surface area contributed by atoms with Crippen molar-refractivity contribution in [3.05, 3.63) is 0 Å². The lowest BCUT2D eigenvalue weighted by Crippen LogP contribution is -2.43. The summed E-state index contributed by atoms with van der Waals surface area (Å²) in [5.41, 5.74) is 6.07. The van der Waals surface area contributed by atoms with E-state index < -0.39 is 0 Å². The van der Waals surface area contributed by atoms with Crippen LogP contribution in [0, 0.1) is 11.3 Å². The van der Waals surface area contributed by atoms with Gasteiger partial charge in [0.15, 0.2) is 5.84 Å². The lowest BCUT2D eigenvalue weighted by atomic mass is 9.80. The molecule has 4 nitrogen and oxygen atoms in total. The maximum Gasteiger partial charge on any atom is 0.156 e. The fraction of sp³-hybridized carbons (Fsp3) is 0.917. The van der Waals surface area contributed by atoms with E-state index in [4.69, 9.17) is 10.9 Å². The highest BCUT2D eigenvalue weighted by molar-refractivity contribution is 5.85. The largest absolute Gasteiger partial charge is 0.409 e. The normalized spacial score (nSPS) is 26.0. The Hall–Kier alpha value is -0.770. The van der Waals surface area contributed by atoms with E-state index in [0.29, 0.717) is 17.2 Å². The van der Waals surface area contributed by atoms with E-state index >= 15 is 0 Å². The monoisotopic (exact) mass is 227 g/mol. The molecule has 0 saturated carbocycles. The number of hydrogen-bond donors (Lipinski definition) is 2. The summed E-state index contributed by atoms with van der Waals surface area (Å²) in [5.74, 6) is 1.05. The third-order valence-electron chi connectivity index (χ3n) is 3.73. The Labute approximate surface area is 98.5 Å². The molecular formula is C12H25N3O. The van der Waals surface area contributed by atoms with Gasteiger partial charge in [0.25, 0.3) is 0 Å². The number of hydrogen-bond acceptors (Lipinski definition) is 3. The first-order valence-corrected chi connectivity index (χ1v) is 6.11. The van der Waals surface area contributed by atoms with Crippen molar-refractivity contribution in [2.24, 2.45) is 22.2 Å². The van der Waals surface area contributed by atoms with Crippen molar-refractivity contribution >= 4 is 5.84 Å². The standard InChI is InChI=1S/C12H25N3O/c1-5-10(11(13)14-16)15-7-6-9(8-15)12(2,3)4/h9-10,16H,5-8H2,1-4H3,(H2,13,14). The minimum atomic E-state index is 0.0948. The molecule has 0 aromatic rings. The summed E-state index contributed by atoms with van der Waals surface area (Å²) in [6, 6.07) is 0.0948. The molecule has 1 fully saturated rings. The highest BCUT2D eigenvalue weighted by Gasteiger charge is 2.35. The topological polar surface area (TPSA) is 61.9 Å². The molecule has 16 heavy (non-hydrogen) atoms. The van der Waals surface area contributed by atoms with Crippen LogP contribution in [0.4, 0.5) is 0 Å². The Kier molecular flexibility index (Phi) is 4.19. The van der Waals surface area contributed by atoms with Crippen LogP contribution in [0.3, 0.4) is 0 Å². The van der Waals surface area contributed by atoms with Gasteiger partial charge in [0.2, 0.25) is 0 Å². The van der Waals surface area contributed by atoms with E-state index in [2.05, 4.69) is 37.8 Å². The Bertz CT molecular complexity index is 257. The summed E-state index contributed by atoms with van der Waals surface area (Å²) in [6.45, 7) is 11.0. The third kappa shape index (κ3) is 2.88. The molecule has 0 spiro atoms. The fourth-order valence-corrected chi connectivity index (χ4v) is 2.50. The maximum absolute atomic E-state index is 8.76. The molecule has 94 valence electrons. The summed E-state index contributed by atoms with van der Waals surface area (Å²) >= 11 is 0. The van der Waals surface area contributed by atoms with E-state index in [1.165, 1.54) is 6.42 Å². The van der Waals surface area contributed by atoms with E-state index in [0.717, 1.165) is 19.5 Å². The second kappa shape index (κ2) is 5.04. The first-order chi connectivity index (χ1) is 7.40. The second-order valence-electron chi connectivity index (χ2n) is 5.80. The van der Waals surface area contributed by atoms with Crippen LogP contribution in [-0.4, -0.2) is 35.1 Å². The van der Waals surface area contributed by atoms with Crippen LogP contribution in [0.1, 0.15) is 40.5 Å². The zero-order valence-electron chi connectivity index (χ0n) is 10.9. The van der Waals surface area contributed by atoms with Gasteiger partial charge >= 0.3 is 0 Å². The van der Waals surface area contributed by atoms with Crippen molar-refractivity contribution in [2.45, 2.75) is 46.6 Å². The van der Waals surface area contributed by atoms with Crippen molar-refractivity contribution < 1.29 is 5.21 Å². The number of likely N-dealkylation sites (tertiary alicyclic amines) is 1. The fourth-order valence-electron chi connectivity index (χ4n) is 2.50. The molecule has 1 rings (SSSR count). The molecule has 0 bridgehead atoms. The van der Waals surface area contributed by atoms with Crippen molar-refractivity contribution in [2.75, 3.05) is 13.1 Å². The Balaban J connectivity index is 2.64. The van der Waals surface area contributed by atoms with Gasteiger partial charge in [0, 0.05) is 6.54 Å². The summed E-state index contributed by atoms with van der Waals surface area (Å²) in [7, 11) is 0. The van der Waals surface area contributed by atoms with Gasteiger partial charge in [-0.2, -0.15) is 0 Å². The summed E-state index contributed by atoms with van der Waals surface area (Å²) < 4.78 is 0. The molecule has 4 heteroatoms. The molecule has 1 aliphatic rings. The molecule has 1 saturated heterocycles. The molecule has 0 radical (unpaired) electrons. The molecule has 2 atom stereocenters. The van der Waals surface area contributed by atoms with Crippen molar-refractivity contribution in [3.63, 3.8) is 0 Å². The van der Waals surface area contributed by atoms with Crippen LogP contribution >= 0.6 is 0 Å². The number of rotatable bonds is 3. The zero-order valence-corrected chi connectivity index (χ0v) is 10.9. The van der Waals surface area contributed by atoms with Gasteiger partial charge in [-0.05, 0) is 30.7 Å². The quantitative estimate of drug-likeness (QED) is 0.335. The molecular weight excluding hydrogens is 202 g/mol. The molecule has 1 heterocycles. The van der Waals surface area contributed by atoms with E-state index in [1.807, 2.05) is 0 Å². The van der Waals surface area contributed by atoms with Crippen molar-refractivity contribution in [1.82, 2.24) is 4.90 Å². The molecule has 0 aromatic carbocycles. The lowest BCUT2D eigenvalue weighted by Gasteiger charge is -2.29. The summed E-state index contributed by atoms with van der Waals surface area (Å²) in [5, 5.41) is 11.9. The zero-order chi connectivity index (χ0) is 12.3. The van der Waals surface area contributed by atoms with Gasteiger partial charge in [0.1, 0.15) is 0 Å².